The van der Waals surface area contributed by atoms with E-state index in [1.165, 1.54) is 0 Å². The molecule has 0 heterocycles. The van der Waals surface area contributed by atoms with E-state index < -0.39 is 6.04 Å². The first kappa shape index (κ1) is 27.8. The zero-order chi connectivity index (χ0) is 25.8. The second-order valence-corrected chi connectivity index (χ2v) is 10.5. The summed E-state index contributed by atoms with van der Waals surface area (Å²) in [4.78, 5) is 29.8. The zero-order valence-electron chi connectivity index (χ0n) is 21.1. The number of nitrogens with one attached hydrogen (secondary N) is 1. The van der Waals surface area contributed by atoms with Crippen molar-refractivity contribution in [3.05, 3.63) is 101 Å². The van der Waals surface area contributed by atoms with Gasteiger partial charge in [-0.2, -0.15) is 0 Å². The van der Waals surface area contributed by atoms with Gasteiger partial charge >= 0.3 is 0 Å². The van der Waals surface area contributed by atoms with Crippen LogP contribution in [0.4, 0.5) is 0 Å². The fourth-order valence-electron chi connectivity index (χ4n) is 3.90. The predicted molar refractivity (Wildman–Crippen MR) is 150 cm³/mol. The summed E-state index contributed by atoms with van der Waals surface area (Å²) in [6, 6.07) is 25.3. The van der Waals surface area contributed by atoms with Crippen LogP contribution in [0.3, 0.4) is 0 Å². The lowest BCUT2D eigenvalue weighted by Crippen LogP contribution is -2.50. The second kappa shape index (κ2) is 14.7. The summed E-state index contributed by atoms with van der Waals surface area (Å²) >= 11 is 7.69. The summed E-state index contributed by atoms with van der Waals surface area (Å²) in [5, 5.41) is 3.74. The molecule has 0 aliphatic rings. The number of carbonyl (C=O) groups excluding carboxylic acids is 2. The van der Waals surface area contributed by atoms with E-state index in [0.29, 0.717) is 31.0 Å². The highest BCUT2D eigenvalue weighted by atomic mass is 35.5. The number of aryl methyl sites for hydroxylation is 1. The Morgan fingerprint density at radius 1 is 0.944 bits per heavy atom. The summed E-state index contributed by atoms with van der Waals surface area (Å²) in [5.74, 6) is 0.716. The topological polar surface area (TPSA) is 49.4 Å². The first-order valence-corrected chi connectivity index (χ1v) is 13.9. The van der Waals surface area contributed by atoms with Gasteiger partial charge in [0.05, 0.1) is 0 Å². The molecule has 0 aromatic heterocycles. The van der Waals surface area contributed by atoms with E-state index in [9.17, 15) is 9.59 Å². The number of benzene rings is 3. The molecule has 2 amide bonds. The quantitative estimate of drug-likeness (QED) is 0.201. The highest BCUT2D eigenvalue weighted by molar-refractivity contribution is 7.99. The number of amides is 2. The monoisotopic (exact) mass is 522 g/mol. The summed E-state index contributed by atoms with van der Waals surface area (Å²) < 4.78 is 0. The van der Waals surface area contributed by atoms with E-state index in [1.54, 1.807) is 16.7 Å². The molecule has 0 saturated heterocycles. The average Bonchev–Trinajstić information content (AvgIpc) is 2.89. The molecule has 0 fully saturated rings. The number of carbonyl (C=O) groups is 2. The van der Waals surface area contributed by atoms with E-state index in [2.05, 4.69) is 5.32 Å². The molecule has 1 atom stereocenters. The minimum Gasteiger partial charge on any atom is -0.354 e. The molecular weight excluding hydrogens is 488 g/mol. The summed E-state index contributed by atoms with van der Waals surface area (Å²) in [6.45, 7) is 5.07. The number of rotatable bonds is 13. The van der Waals surface area contributed by atoms with Gasteiger partial charge in [-0.1, -0.05) is 78.7 Å². The molecule has 0 spiro atoms. The molecule has 3 aromatic carbocycles. The minimum absolute atomic E-state index is 0.000129. The van der Waals surface area contributed by atoms with Gasteiger partial charge in [-0.05, 0) is 60.9 Å². The lowest BCUT2D eigenvalue weighted by atomic mass is 10.0. The molecule has 1 N–H and O–H groups in total. The third-order valence-corrected chi connectivity index (χ3v) is 7.26. The lowest BCUT2D eigenvalue weighted by Gasteiger charge is -2.31. The van der Waals surface area contributed by atoms with Crippen LogP contribution in [0.2, 0.25) is 5.02 Å². The van der Waals surface area contributed by atoms with Crippen molar-refractivity contribution in [2.75, 3.05) is 12.3 Å². The van der Waals surface area contributed by atoms with Crippen LogP contribution in [0.5, 0.6) is 0 Å². The van der Waals surface area contributed by atoms with E-state index in [4.69, 9.17) is 11.6 Å². The Balaban J connectivity index is 1.76. The maximum atomic E-state index is 13.6. The van der Waals surface area contributed by atoms with Crippen molar-refractivity contribution >= 4 is 35.2 Å². The maximum Gasteiger partial charge on any atom is 0.243 e. The molecule has 0 radical (unpaired) electrons. The molecule has 0 saturated carbocycles. The van der Waals surface area contributed by atoms with E-state index in [-0.39, 0.29) is 11.8 Å². The Kier molecular flexibility index (Phi) is 11.4. The van der Waals surface area contributed by atoms with Crippen LogP contribution in [-0.2, 0) is 22.6 Å². The molecule has 3 aromatic rings. The summed E-state index contributed by atoms with van der Waals surface area (Å²) in [5.41, 5.74) is 3.22. The predicted octanol–water partition coefficient (Wildman–Crippen LogP) is 6.69. The normalized spacial score (nSPS) is 11.6. The maximum absolute atomic E-state index is 13.6. The first-order valence-electron chi connectivity index (χ1n) is 12.5. The highest BCUT2D eigenvalue weighted by Gasteiger charge is 2.29. The number of halogens is 1. The molecule has 0 aliphatic carbocycles. The van der Waals surface area contributed by atoms with Gasteiger partial charge in [0.15, 0.2) is 0 Å². The van der Waals surface area contributed by atoms with Crippen molar-refractivity contribution < 1.29 is 9.59 Å². The highest BCUT2D eigenvalue weighted by Crippen LogP contribution is 2.22. The van der Waals surface area contributed by atoms with Gasteiger partial charge in [-0.15, -0.1) is 11.8 Å². The van der Waals surface area contributed by atoms with E-state index >= 15 is 0 Å². The average molecular weight is 523 g/mol. The summed E-state index contributed by atoms with van der Waals surface area (Å²) in [7, 11) is 0. The Morgan fingerprint density at radius 2 is 1.64 bits per heavy atom. The molecule has 3 rings (SSSR count). The van der Waals surface area contributed by atoms with Crippen LogP contribution in [0.25, 0.3) is 0 Å². The molecule has 0 aliphatic heterocycles. The fraction of sp³-hybridized carbons (Fsp3) is 0.333. The van der Waals surface area contributed by atoms with Gasteiger partial charge in [0.1, 0.15) is 6.04 Å². The van der Waals surface area contributed by atoms with Gasteiger partial charge < -0.3 is 10.2 Å². The Morgan fingerprint density at radius 3 is 2.31 bits per heavy atom. The zero-order valence-corrected chi connectivity index (χ0v) is 22.7. The van der Waals surface area contributed by atoms with E-state index in [1.807, 2.05) is 92.7 Å². The molecule has 190 valence electrons. The van der Waals surface area contributed by atoms with Crippen molar-refractivity contribution in [3.8, 4) is 0 Å². The summed E-state index contributed by atoms with van der Waals surface area (Å²) in [6.07, 6.45) is 2.44. The molecule has 6 heteroatoms. The molecule has 4 nitrogen and oxygen atoms in total. The third-order valence-electron chi connectivity index (χ3n) is 5.91. The number of nitrogens with zero attached hydrogens (tertiary/aromatic N) is 1. The SMILES string of the molecule is CCCNC(=O)[C@@H](Cc1ccccc1)N(Cc1ccc(C)cc1)C(=O)CCCSc1ccc(Cl)cc1. The number of hydrogen-bond donors (Lipinski definition) is 1. The van der Waals surface area contributed by atoms with Crippen LogP contribution >= 0.6 is 23.4 Å². The lowest BCUT2D eigenvalue weighted by molar-refractivity contribution is -0.141. The van der Waals surface area contributed by atoms with Gasteiger partial charge in [0, 0.05) is 35.8 Å². The minimum atomic E-state index is -0.573. The molecule has 0 unspecified atom stereocenters. The smallest absolute Gasteiger partial charge is 0.243 e. The first-order chi connectivity index (χ1) is 17.5. The van der Waals surface area contributed by atoms with Crippen molar-refractivity contribution in [1.82, 2.24) is 10.2 Å². The van der Waals surface area contributed by atoms with Crippen molar-refractivity contribution in [1.29, 1.82) is 0 Å². The van der Waals surface area contributed by atoms with Crippen molar-refractivity contribution in [2.24, 2.45) is 0 Å². The number of hydrogen-bond acceptors (Lipinski definition) is 3. The second-order valence-electron chi connectivity index (χ2n) is 8.91. The third kappa shape index (κ3) is 9.03. The standard InChI is InChI=1S/C30H35ClN2O2S/c1-3-19-32-30(35)28(21-24-8-5-4-6-9-24)33(22-25-13-11-23(2)12-14-25)29(34)10-7-20-36-27-17-15-26(31)16-18-27/h4-6,8-9,11-18,28H,3,7,10,19-22H2,1-2H3,(H,32,35)/t28-/m1/s1. The van der Waals surface area contributed by atoms with Crippen LogP contribution in [0, 0.1) is 6.92 Å². The Hall–Kier alpha value is -2.76. The largest absolute Gasteiger partial charge is 0.354 e. The Labute approximate surface area is 224 Å². The van der Waals surface area contributed by atoms with Gasteiger partial charge in [-0.3, -0.25) is 9.59 Å². The van der Waals surface area contributed by atoms with Gasteiger partial charge in [0.25, 0.3) is 0 Å². The van der Waals surface area contributed by atoms with Crippen molar-refractivity contribution in [3.63, 3.8) is 0 Å². The van der Waals surface area contributed by atoms with Gasteiger partial charge in [-0.25, -0.2) is 0 Å². The molecular formula is C30H35ClN2O2S. The molecule has 36 heavy (non-hydrogen) atoms. The van der Waals surface area contributed by atoms with Crippen LogP contribution < -0.4 is 5.32 Å². The van der Waals surface area contributed by atoms with Crippen LogP contribution in [0.1, 0.15) is 42.9 Å². The fourth-order valence-corrected chi connectivity index (χ4v) is 4.88. The van der Waals surface area contributed by atoms with Crippen LogP contribution in [-0.4, -0.2) is 35.1 Å². The van der Waals surface area contributed by atoms with Gasteiger partial charge in [0.2, 0.25) is 11.8 Å². The molecule has 0 bridgehead atoms. The van der Waals surface area contributed by atoms with Crippen LogP contribution in [0.15, 0.2) is 83.8 Å². The van der Waals surface area contributed by atoms with Crippen molar-refractivity contribution in [2.45, 2.75) is 57.0 Å². The Bertz CT molecular complexity index is 1090. The van der Waals surface area contributed by atoms with E-state index in [0.717, 1.165) is 40.2 Å². The number of thioether (sulfide) groups is 1.